The van der Waals surface area contributed by atoms with Crippen molar-refractivity contribution in [3.8, 4) is 16.9 Å². The van der Waals surface area contributed by atoms with Gasteiger partial charge in [-0.05, 0) is 42.2 Å². The molecule has 2 aromatic carbocycles. The fourth-order valence-corrected chi connectivity index (χ4v) is 4.99. The second-order valence-electron chi connectivity index (χ2n) is 7.84. The van der Waals surface area contributed by atoms with E-state index in [9.17, 15) is 4.79 Å². The monoisotopic (exact) mass is 420 g/mol. The van der Waals surface area contributed by atoms with Crippen molar-refractivity contribution in [3.05, 3.63) is 54.6 Å². The number of carbonyl (C=O) groups is 1. The van der Waals surface area contributed by atoms with Crippen LogP contribution in [0.1, 0.15) is 32.1 Å². The molecule has 0 bridgehead atoms. The Balaban J connectivity index is 1.59. The van der Waals surface area contributed by atoms with Gasteiger partial charge in [0.15, 0.2) is 0 Å². The first-order chi connectivity index (χ1) is 14.7. The Morgan fingerprint density at radius 2 is 1.87 bits per heavy atom. The van der Waals surface area contributed by atoms with E-state index in [1.165, 1.54) is 31.0 Å². The Hall–Kier alpha value is -2.53. The van der Waals surface area contributed by atoms with Gasteiger partial charge in [-0.3, -0.25) is 4.79 Å². The van der Waals surface area contributed by atoms with Gasteiger partial charge >= 0.3 is 0 Å². The number of fused-ring (bicyclic) bond motifs is 1. The molecule has 30 heavy (non-hydrogen) atoms. The zero-order valence-corrected chi connectivity index (χ0v) is 18.5. The summed E-state index contributed by atoms with van der Waals surface area (Å²) in [5.74, 6) is 1.37. The third-order valence-electron chi connectivity index (χ3n) is 5.94. The lowest BCUT2D eigenvalue weighted by molar-refractivity contribution is -0.129. The normalized spacial score (nSPS) is 14.6. The lowest BCUT2D eigenvalue weighted by Gasteiger charge is -2.31. The smallest absolute Gasteiger partial charge is 0.232 e. The minimum absolute atomic E-state index is 0.181. The van der Waals surface area contributed by atoms with E-state index in [1.807, 2.05) is 42.3 Å². The fraction of sp³-hybridized carbons (Fsp3) is 0.360. The minimum Gasteiger partial charge on any atom is -0.497 e. The summed E-state index contributed by atoms with van der Waals surface area (Å²) in [5, 5.41) is 1.94. The number of nitrogens with zero attached hydrogens (tertiary/aromatic N) is 2. The summed E-state index contributed by atoms with van der Waals surface area (Å²) in [4.78, 5) is 19.6. The summed E-state index contributed by atoms with van der Waals surface area (Å²) in [6.45, 7) is 0. The molecule has 1 aliphatic rings. The van der Waals surface area contributed by atoms with E-state index in [0.717, 1.165) is 45.6 Å². The third kappa shape index (κ3) is 4.62. The second kappa shape index (κ2) is 9.52. The van der Waals surface area contributed by atoms with E-state index in [0.29, 0.717) is 11.8 Å². The molecule has 1 aromatic heterocycles. The fourth-order valence-electron chi connectivity index (χ4n) is 4.15. The molecular weight excluding hydrogens is 392 g/mol. The molecule has 1 amide bonds. The number of pyridine rings is 1. The highest BCUT2D eigenvalue weighted by molar-refractivity contribution is 7.99. The molecular formula is C25H28N2O2S. The minimum atomic E-state index is 0.181. The number of amides is 1. The molecule has 0 spiro atoms. The summed E-state index contributed by atoms with van der Waals surface area (Å²) >= 11 is 1.51. The van der Waals surface area contributed by atoms with Crippen LogP contribution in [-0.4, -0.2) is 41.7 Å². The van der Waals surface area contributed by atoms with Gasteiger partial charge in [-0.25, -0.2) is 4.98 Å². The summed E-state index contributed by atoms with van der Waals surface area (Å²) in [6, 6.07) is 18.8. The number of hydrogen-bond donors (Lipinski definition) is 0. The average Bonchev–Trinajstić information content (AvgIpc) is 2.82. The van der Waals surface area contributed by atoms with Gasteiger partial charge in [-0.1, -0.05) is 61.4 Å². The number of rotatable bonds is 6. The van der Waals surface area contributed by atoms with Gasteiger partial charge in [-0.15, -0.1) is 0 Å². The molecule has 0 atom stereocenters. The topological polar surface area (TPSA) is 42.4 Å². The largest absolute Gasteiger partial charge is 0.497 e. The van der Waals surface area contributed by atoms with E-state index in [2.05, 4.69) is 24.3 Å². The lowest BCUT2D eigenvalue weighted by Crippen LogP contribution is -2.39. The maximum absolute atomic E-state index is 12.8. The number of benzene rings is 2. The average molecular weight is 421 g/mol. The Morgan fingerprint density at radius 1 is 1.10 bits per heavy atom. The molecule has 1 saturated carbocycles. The van der Waals surface area contributed by atoms with Gasteiger partial charge in [0.1, 0.15) is 5.75 Å². The van der Waals surface area contributed by atoms with Crippen LogP contribution < -0.4 is 4.74 Å². The second-order valence-corrected chi connectivity index (χ2v) is 8.84. The van der Waals surface area contributed by atoms with Crippen LogP contribution in [0.3, 0.4) is 0 Å². The Morgan fingerprint density at radius 3 is 2.60 bits per heavy atom. The molecule has 0 radical (unpaired) electrons. The highest BCUT2D eigenvalue weighted by atomic mass is 32.2. The van der Waals surface area contributed by atoms with E-state index in [4.69, 9.17) is 9.72 Å². The summed E-state index contributed by atoms with van der Waals surface area (Å²) in [7, 11) is 3.62. The van der Waals surface area contributed by atoms with E-state index >= 15 is 0 Å². The van der Waals surface area contributed by atoms with Gasteiger partial charge in [0, 0.05) is 24.5 Å². The summed E-state index contributed by atoms with van der Waals surface area (Å²) in [6.07, 6.45) is 5.99. The summed E-state index contributed by atoms with van der Waals surface area (Å²) < 4.78 is 5.40. The van der Waals surface area contributed by atoms with Gasteiger partial charge in [0.25, 0.3) is 0 Å². The molecule has 156 valence electrons. The molecule has 0 saturated heterocycles. The van der Waals surface area contributed by atoms with Crippen LogP contribution in [-0.2, 0) is 4.79 Å². The van der Waals surface area contributed by atoms with Crippen molar-refractivity contribution in [1.82, 2.24) is 9.88 Å². The van der Waals surface area contributed by atoms with Crippen LogP contribution in [0.25, 0.3) is 22.0 Å². The predicted octanol–water partition coefficient (Wildman–Crippen LogP) is 5.79. The van der Waals surface area contributed by atoms with Crippen molar-refractivity contribution < 1.29 is 9.53 Å². The molecule has 0 aliphatic heterocycles. The van der Waals surface area contributed by atoms with Crippen LogP contribution in [0.4, 0.5) is 0 Å². The van der Waals surface area contributed by atoms with Crippen LogP contribution >= 0.6 is 11.8 Å². The number of carbonyl (C=O) groups excluding carboxylic acids is 1. The number of ether oxygens (including phenoxy) is 1. The highest BCUT2D eigenvalue weighted by Crippen LogP contribution is 2.33. The molecule has 3 aromatic rings. The van der Waals surface area contributed by atoms with E-state index < -0.39 is 0 Å². The number of thioether (sulfide) groups is 1. The van der Waals surface area contributed by atoms with Crippen molar-refractivity contribution in [2.45, 2.75) is 43.2 Å². The maximum Gasteiger partial charge on any atom is 0.232 e. The molecule has 1 heterocycles. The maximum atomic E-state index is 12.8. The molecule has 1 fully saturated rings. The van der Waals surface area contributed by atoms with Gasteiger partial charge in [-0.2, -0.15) is 0 Å². The standard InChI is InChI=1S/C25H28N2O2S/c1-27(19-11-7-4-8-12-19)25(28)17-30-24-16-22(18-9-5-3-6-10-18)21-14-13-20(29-2)15-23(21)26-24/h3,5-6,9-10,13-16,19H,4,7-8,11-12,17H2,1-2H3. The lowest BCUT2D eigenvalue weighted by atomic mass is 9.94. The molecule has 5 heteroatoms. The Bertz CT molecular complexity index is 1020. The zero-order valence-electron chi connectivity index (χ0n) is 17.6. The number of methoxy groups -OCH3 is 1. The molecule has 1 aliphatic carbocycles. The molecule has 4 nitrogen and oxygen atoms in total. The Kier molecular flexibility index (Phi) is 6.58. The number of hydrogen-bond acceptors (Lipinski definition) is 4. The first kappa shape index (κ1) is 20.7. The summed E-state index contributed by atoms with van der Waals surface area (Å²) in [5.41, 5.74) is 3.15. The third-order valence-corrected chi connectivity index (χ3v) is 6.83. The SMILES string of the molecule is COc1ccc2c(-c3ccccc3)cc(SCC(=O)N(C)C3CCCCC3)nc2c1. The van der Waals surface area contributed by atoms with Crippen molar-refractivity contribution in [3.63, 3.8) is 0 Å². The first-order valence-electron chi connectivity index (χ1n) is 10.6. The van der Waals surface area contributed by atoms with Crippen molar-refractivity contribution >= 4 is 28.6 Å². The zero-order chi connectivity index (χ0) is 20.9. The van der Waals surface area contributed by atoms with Gasteiger partial charge in [0.05, 0.1) is 23.4 Å². The highest BCUT2D eigenvalue weighted by Gasteiger charge is 2.22. The quantitative estimate of drug-likeness (QED) is 0.473. The van der Waals surface area contributed by atoms with Crippen molar-refractivity contribution in [2.75, 3.05) is 19.9 Å². The van der Waals surface area contributed by atoms with E-state index in [1.54, 1.807) is 7.11 Å². The first-order valence-corrected chi connectivity index (χ1v) is 11.6. The molecule has 4 rings (SSSR count). The van der Waals surface area contributed by atoms with Gasteiger partial charge < -0.3 is 9.64 Å². The Labute approximate surface area is 182 Å². The van der Waals surface area contributed by atoms with Crippen LogP contribution in [0.2, 0.25) is 0 Å². The van der Waals surface area contributed by atoms with E-state index in [-0.39, 0.29) is 5.91 Å². The van der Waals surface area contributed by atoms with Crippen molar-refractivity contribution in [2.24, 2.45) is 0 Å². The van der Waals surface area contributed by atoms with Crippen LogP contribution in [0.5, 0.6) is 5.75 Å². The van der Waals surface area contributed by atoms with Gasteiger partial charge in [0.2, 0.25) is 5.91 Å². The van der Waals surface area contributed by atoms with Crippen LogP contribution in [0, 0.1) is 0 Å². The number of aromatic nitrogens is 1. The van der Waals surface area contributed by atoms with Crippen LogP contribution in [0.15, 0.2) is 59.6 Å². The molecule has 0 unspecified atom stereocenters. The molecule has 0 N–H and O–H groups in total. The predicted molar refractivity (Wildman–Crippen MR) is 124 cm³/mol. The van der Waals surface area contributed by atoms with Crippen molar-refractivity contribution in [1.29, 1.82) is 0 Å².